The predicted octanol–water partition coefficient (Wildman–Crippen LogP) is 2.74. The van der Waals surface area contributed by atoms with Crippen molar-refractivity contribution in [2.75, 3.05) is 32.2 Å². The SMILES string of the molecule is Cc1cc(-c2cncc(S(=O)(=O)N(C)C)c2)nc2c1C(=O)N(c1cnn(CC(F)(F)F)c1)[C@@]21CCOC1. The summed E-state index contributed by atoms with van der Waals surface area (Å²) in [5.74, 6) is -0.411. The Hall–Kier alpha value is -3.36. The number of rotatable bonds is 5. The Bertz CT molecular complexity index is 1500. The molecule has 1 saturated heterocycles. The fourth-order valence-corrected chi connectivity index (χ4v) is 5.66. The fraction of sp³-hybridized carbons (Fsp3) is 0.391. The van der Waals surface area contributed by atoms with Crippen LogP contribution in [0.4, 0.5) is 18.9 Å². The third-order valence-corrected chi connectivity index (χ3v) is 8.29. The molecule has 0 unspecified atom stereocenters. The number of hydrogen-bond acceptors (Lipinski definition) is 7. The van der Waals surface area contributed by atoms with Gasteiger partial charge in [-0.05, 0) is 24.6 Å². The molecule has 3 aromatic heterocycles. The minimum atomic E-state index is -4.47. The third kappa shape index (κ3) is 4.18. The number of nitrogens with zero attached hydrogens (tertiary/aromatic N) is 6. The standard InChI is InChI=1S/C23H23F3N6O4S/c1-14-6-18(15-7-17(10-27-8-15)37(34,35)30(2)3)29-20-19(14)21(33)32(22(20)4-5-36-13-22)16-9-28-31(11-16)12-23(24,25)26/h6-11H,4-5,12-13H2,1-3H3/t22-/m1/s1. The van der Waals surface area contributed by atoms with Gasteiger partial charge in [-0.2, -0.15) is 18.3 Å². The maximum absolute atomic E-state index is 13.7. The summed E-state index contributed by atoms with van der Waals surface area (Å²) in [5.41, 5.74) is 1.36. The molecule has 37 heavy (non-hydrogen) atoms. The lowest BCUT2D eigenvalue weighted by Crippen LogP contribution is -2.45. The molecule has 5 heterocycles. The number of alkyl halides is 3. The van der Waals surface area contributed by atoms with Crippen molar-refractivity contribution in [3.63, 3.8) is 0 Å². The molecule has 0 aromatic carbocycles. The van der Waals surface area contributed by atoms with E-state index in [9.17, 15) is 26.4 Å². The number of carbonyl (C=O) groups is 1. The number of carbonyl (C=O) groups excluding carboxylic acids is 1. The van der Waals surface area contributed by atoms with Crippen LogP contribution in [0.2, 0.25) is 0 Å². The number of fused-ring (bicyclic) bond motifs is 2. The maximum Gasteiger partial charge on any atom is 0.408 e. The van der Waals surface area contributed by atoms with Crippen LogP contribution in [0.25, 0.3) is 11.3 Å². The van der Waals surface area contributed by atoms with Crippen molar-refractivity contribution >= 4 is 21.6 Å². The zero-order valence-electron chi connectivity index (χ0n) is 20.2. The van der Waals surface area contributed by atoms with E-state index in [1.165, 1.54) is 49.8 Å². The van der Waals surface area contributed by atoms with Gasteiger partial charge in [0.1, 0.15) is 17.0 Å². The van der Waals surface area contributed by atoms with Crippen molar-refractivity contribution < 1.29 is 31.1 Å². The second-order valence-corrected chi connectivity index (χ2v) is 11.4. The van der Waals surface area contributed by atoms with Crippen molar-refractivity contribution in [2.45, 2.75) is 36.5 Å². The smallest absolute Gasteiger partial charge is 0.378 e. The third-order valence-electron chi connectivity index (χ3n) is 6.51. The van der Waals surface area contributed by atoms with E-state index in [4.69, 9.17) is 9.72 Å². The van der Waals surface area contributed by atoms with E-state index in [0.717, 1.165) is 8.99 Å². The lowest BCUT2D eigenvalue weighted by molar-refractivity contribution is -0.142. The Morgan fingerprint density at radius 3 is 2.59 bits per heavy atom. The normalized spacial score (nSPS) is 19.9. The number of ether oxygens (including phenoxy) is 1. The largest absolute Gasteiger partial charge is 0.408 e. The quantitative estimate of drug-likeness (QED) is 0.493. The average molecular weight is 537 g/mol. The minimum absolute atomic E-state index is 0.0105. The van der Waals surface area contributed by atoms with Crippen LogP contribution in [-0.2, 0) is 26.8 Å². The summed E-state index contributed by atoms with van der Waals surface area (Å²) in [6.45, 7) is 0.865. The van der Waals surface area contributed by atoms with Crippen molar-refractivity contribution in [1.82, 2.24) is 24.1 Å². The number of anilines is 1. The first-order valence-corrected chi connectivity index (χ1v) is 12.7. The summed E-state index contributed by atoms with van der Waals surface area (Å²) in [5, 5.41) is 3.80. The summed E-state index contributed by atoms with van der Waals surface area (Å²) in [7, 11) is -0.909. The molecule has 1 amide bonds. The average Bonchev–Trinajstić information content (AvgIpc) is 3.53. The monoisotopic (exact) mass is 536 g/mol. The zero-order chi connectivity index (χ0) is 26.8. The Labute approximate surface area is 210 Å². The number of halogens is 3. The first-order valence-electron chi connectivity index (χ1n) is 11.2. The van der Waals surface area contributed by atoms with Gasteiger partial charge >= 0.3 is 6.18 Å². The van der Waals surface area contributed by atoms with Crippen LogP contribution in [0.15, 0.2) is 41.8 Å². The van der Waals surface area contributed by atoms with Gasteiger partial charge in [0, 0.05) is 51.3 Å². The van der Waals surface area contributed by atoms with Crippen LogP contribution in [0.1, 0.15) is 28.0 Å². The molecule has 0 radical (unpaired) electrons. The van der Waals surface area contributed by atoms with E-state index in [1.54, 1.807) is 13.0 Å². The summed E-state index contributed by atoms with van der Waals surface area (Å²) in [4.78, 5) is 23.9. The Kier molecular flexibility index (Phi) is 5.88. The Balaban J connectivity index is 1.62. The molecule has 0 bridgehead atoms. The van der Waals surface area contributed by atoms with E-state index in [0.29, 0.717) is 41.1 Å². The van der Waals surface area contributed by atoms with Gasteiger partial charge < -0.3 is 4.74 Å². The van der Waals surface area contributed by atoms with Gasteiger partial charge in [-0.3, -0.25) is 19.4 Å². The van der Waals surface area contributed by atoms with Gasteiger partial charge in [0.05, 0.1) is 35.4 Å². The number of aryl methyl sites for hydroxylation is 1. The molecular formula is C23H23F3N6O4S. The van der Waals surface area contributed by atoms with Gasteiger partial charge in [0.25, 0.3) is 5.91 Å². The van der Waals surface area contributed by atoms with Gasteiger partial charge in [-0.1, -0.05) is 0 Å². The molecule has 10 nitrogen and oxygen atoms in total. The molecule has 2 aliphatic heterocycles. The van der Waals surface area contributed by atoms with Crippen LogP contribution in [0, 0.1) is 6.92 Å². The van der Waals surface area contributed by atoms with Crippen LogP contribution < -0.4 is 4.90 Å². The van der Waals surface area contributed by atoms with Gasteiger partial charge in [0.15, 0.2) is 0 Å². The first-order chi connectivity index (χ1) is 17.3. The number of hydrogen-bond donors (Lipinski definition) is 0. The van der Waals surface area contributed by atoms with Gasteiger partial charge in [0.2, 0.25) is 10.0 Å². The molecule has 1 spiro atoms. The molecule has 2 aliphatic rings. The second-order valence-electron chi connectivity index (χ2n) is 9.23. The van der Waals surface area contributed by atoms with Gasteiger partial charge in [-0.15, -0.1) is 0 Å². The van der Waals surface area contributed by atoms with Crippen molar-refractivity contribution in [1.29, 1.82) is 0 Å². The number of sulfonamides is 1. The molecule has 1 fully saturated rings. The first kappa shape index (κ1) is 25.3. The topological polar surface area (TPSA) is 111 Å². The molecule has 0 N–H and O–H groups in total. The predicted molar refractivity (Wildman–Crippen MR) is 125 cm³/mol. The summed E-state index contributed by atoms with van der Waals surface area (Å²) < 4.78 is 71.4. The molecule has 5 rings (SSSR count). The number of pyridine rings is 2. The van der Waals surface area contributed by atoms with Crippen LogP contribution in [0.5, 0.6) is 0 Å². The second kappa shape index (κ2) is 8.60. The van der Waals surface area contributed by atoms with Crippen molar-refractivity contribution in [2.24, 2.45) is 0 Å². The van der Waals surface area contributed by atoms with Gasteiger partial charge in [-0.25, -0.2) is 17.7 Å². The molecule has 3 aromatic rings. The number of amides is 1. The van der Waals surface area contributed by atoms with Crippen LogP contribution in [0.3, 0.4) is 0 Å². The minimum Gasteiger partial charge on any atom is -0.378 e. The summed E-state index contributed by atoms with van der Waals surface area (Å²) in [6.07, 6.45) is 1.05. The highest BCUT2D eigenvalue weighted by molar-refractivity contribution is 7.89. The lowest BCUT2D eigenvalue weighted by atomic mass is 9.91. The highest BCUT2D eigenvalue weighted by Gasteiger charge is 2.55. The lowest BCUT2D eigenvalue weighted by Gasteiger charge is -2.32. The van der Waals surface area contributed by atoms with E-state index in [1.807, 2.05) is 0 Å². The van der Waals surface area contributed by atoms with E-state index in [-0.39, 0.29) is 17.2 Å². The summed E-state index contributed by atoms with van der Waals surface area (Å²) >= 11 is 0. The van der Waals surface area contributed by atoms with Crippen LogP contribution in [-0.4, -0.2) is 71.9 Å². The Morgan fingerprint density at radius 1 is 1.19 bits per heavy atom. The molecule has 1 atom stereocenters. The zero-order valence-corrected chi connectivity index (χ0v) is 21.0. The highest BCUT2D eigenvalue weighted by atomic mass is 32.2. The molecule has 0 saturated carbocycles. The van der Waals surface area contributed by atoms with Crippen molar-refractivity contribution in [3.05, 3.63) is 53.7 Å². The summed E-state index contributed by atoms with van der Waals surface area (Å²) in [6, 6.07) is 3.13. The molecular weight excluding hydrogens is 513 g/mol. The van der Waals surface area contributed by atoms with E-state index in [2.05, 4.69) is 10.1 Å². The number of aromatic nitrogens is 4. The maximum atomic E-state index is 13.7. The molecule has 14 heteroatoms. The van der Waals surface area contributed by atoms with E-state index < -0.39 is 34.2 Å². The highest BCUT2D eigenvalue weighted by Crippen LogP contribution is 2.48. The molecule has 0 aliphatic carbocycles. The van der Waals surface area contributed by atoms with Crippen molar-refractivity contribution in [3.8, 4) is 11.3 Å². The fourth-order valence-electron chi connectivity index (χ4n) is 4.77. The Morgan fingerprint density at radius 2 is 1.95 bits per heavy atom. The van der Waals surface area contributed by atoms with Crippen LogP contribution >= 0.6 is 0 Å². The molecule has 196 valence electrons. The van der Waals surface area contributed by atoms with E-state index >= 15 is 0 Å².